The lowest BCUT2D eigenvalue weighted by Gasteiger charge is -2.15. The van der Waals surface area contributed by atoms with Crippen molar-refractivity contribution in [3.8, 4) is 0 Å². The van der Waals surface area contributed by atoms with E-state index in [1.54, 1.807) is 18.7 Å². The highest BCUT2D eigenvalue weighted by atomic mass is 15.1. The maximum atomic E-state index is 4.34. The van der Waals surface area contributed by atoms with Crippen LogP contribution in [0.4, 0.5) is 5.82 Å². The monoisotopic (exact) mass is 241 g/mol. The Bertz CT molecular complexity index is 540. The van der Waals surface area contributed by atoms with Crippen LogP contribution < -0.4 is 5.32 Å². The van der Waals surface area contributed by atoms with Crippen LogP contribution in [0.25, 0.3) is 0 Å². The molecule has 1 atom stereocenters. The number of aromatic nitrogens is 4. The molecule has 1 N–H and O–H groups in total. The van der Waals surface area contributed by atoms with E-state index in [-0.39, 0.29) is 6.04 Å². The summed E-state index contributed by atoms with van der Waals surface area (Å²) in [6.45, 7) is 2.04. The summed E-state index contributed by atoms with van der Waals surface area (Å²) in [6, 6.07) is 1.87. The van der Waals surface area contributed by atoms with Crippen molar-refractivity contribution >= 4 is 5.82 Å². The fourth-order valence-corrected chi connectivity index (χ4v) is 2.29. The van der Waals surface area contributed by atoms with Gasteiger partial charge in [0.05, 0.1) is 6.04 Å². The maximum absolute atomic E-state index is 4.34. The molecule has 92 valence electrons. The summed E-state index contributed by atoms with van der Waals surface area (Å²) < 4.78 is 0. The summed E-state index contributed by atoms with van der Waals surface area (Å²) in [5.41, 5.74) is 2.42. The number of aryl methyl sites for hydroxylation is 1. The first-order valence-corrected chi connectivity index (χ1v) is 6.21. The van der Waals surface area contributed by atoms with E-state index in [1.807, 2.05) is 13.0 Å². The highest BCUT2D eigenvalue weighted by Crippen LogP contribution is 2.27. The average molecular weight is 241 g/mol. The standard InChI is InChI=1S/C13H15N5/c1-9(12-14-6-3-7-15-12)18-13-10-4-2-5-11(10)16-8-17-13/h3,6-9H,2,4-5H2,1H3,(H,16,17,18). The molecule has 1 aliphatic carbocycles. The number of fused-ring (bicyclic) bond motifs is 1. The van der Waals surface area contributed by atoms with Crippen molar-refractivity contribution in [1.29, 1.82) is 0 Å². The van der Waals surface area contributed by atoms with Gasteiger partial charge in [-0.15, -0.1) is 0 Å². The number of anilines is 1. The Balaban J connectivity index is 1.83. The molecule has 1 unspecified atom stereocenters. The summed E-state index contributed by atoms with van der Waals surface area (Å²) in [5.74, 6) is 1.71. The second-order valence-corrected chi connectivity index (χ2v) is 4.47. The van der Waals surface area contributed by atoms with Crippen LogP contribution in [-0.2, 0) is 12.8 Å². The molecule has 0 saturated heterocycles. The minimum absolute atomic E-state index is 0.0470. The second-order valence-electron chi connectivity index (χ2n) is 4.47. The van der Waals surface area contributed by atoms with Gasteiger partial charge in [0.15, 0.2) is 0 Å². The number of rotatable bonds is 3. The van der Waals surface area contributed by atoms with Gasteiger partial charge in [-0.1, -0.05) is 0 Å². The first-order chi connectivity index (χ1) is 8.84. The third-order valence-electron chi connectivity index (χ3n) is 3.20. The molecule has 3 rings (SSSR count). The predicted octanol–water partition coefficient (Wildman–Crippen LogP) is 1.93. The summed E-state index contributed by atoms with van der Waals surface area (Å²) in [7, 11) is 0. The normalized spacial score (nSPS) is 15.2. The summed E-state index contributed by atoms with van der Waals surface area (Å²) in [5, 5.41) is 3.38. The number of hydrogen-bond donors (Lipinski definition) is 1. The fraction of sp³-hybridized carbons (Fsp3) is 0.385. The van der Waals surface area contributed by atoms with Crippen molar-refractivity contribution in [1.82, 2.24) is 19.9 Å². The third-order valence-corrected chi connectivity index (χ3v) is 3.20. The first kappa shape index (κ1) is 11.1. The first-order valence-electron chi connectivity index (χ1n) is 6.21. The molecule has 5 heteroatoms. The molecule has 1 aliphatic rings. The van der Waals surface area contributed by atoms with Gasteiger partial charge in [-0.05, 0) is 32.3 Å². The van der Waals surface area contributed by atoms with E-state index >= 15 is 0 Å². The molecule has 0 amide bonds. The Hall–Kier alpha value is -2.04. The molecule has 0 bridgehead atoms. The molecule has 0 fully saturated rings. The topological polar surface area (TPSA) is 63.6 Å². The third kappa shape index (κ3) is 2.03. The van der Waals surface area contributed by atoms with Gasteiger partial charge in [0, 0.05) is 23.7 Å². The van der Waals surface area contributed by atoms with Gasteiger partial charge in [-0.3, -0.25) is 0 Å². The molecule has 0 spiro atoms. The van der Waals surface area contributed by atoms with Crippen LogP contribution in [0.1, 0.15) is 36.5 Å². The van der Waals surface area contributed by atoms with Crippen molar-refractivity contribution in [2.45, 2.75) is 32.2 Å². The van der Waals surface area contributed by atoms with Crippen LogP contribution in [0.15, 0.2) is 24.8 Å². The van der Waals surface area contributed by atoms with E-state index in [9.17, 15) is 0 Å². The Morgan fingerprint density at radius 2 is 1.94 bits per heavy atom. The molecule has 2 heterocycles. The van der Waals surface area contributed by atoms with E-state index in [0.29, 0.717) is 0 Å². The van der Waals surface area contributed by atoms with Gasteiger partial charge in [0.1, 0.15) is 18.0 Å². The Kier molecular flexibility index (Phi) is 2.88. The van der Waals surface area contributed by atoms with Gasteiger partial charge in [-0.25, -0.2) is 19.9 Å². The van der Waals surface area contributed by atoms with Gasteiger partial charge < -0.3 is 5.32 Å². The molecule has 0 aliphatic heterocycles. The van der Waals surface area contributed by atoms with E-state index in [4.69, 9.17) is 0 Å². The lowest BCUT2D eigenvalue weighted by Crippen LogP contribution is -2.13. The van der Waals surface area contributed by atoms with Crippen molar-refractivity contribution in [3.63, 3.8) is 0 Å². The summed E-state index contributed by atoms with van der Waals surface area (Å²) in [6.07, 6.45) is 8.42. The van der Waals surface area contributed by atoms with E-state index in [2.05, 4.69) is 25.3 Å². The zero-order valence-corrected chi connectivity index (χ0v) is 10.3. The van der Waals surface area contributed by atoms with Crippen molar-refractivity contribution < 1.29 is 0 Å². The maximum Gasteiger partial charge on any atom is 0.150 e. The Labute approximate surface area is 106 Å². The van der Waals surface area contributed by atoms with Gasteiger partial charge in [0.2, 0.25) is 0 Å². The summed E-state index contributed by atoms with van der Waals surface area (Å²) >= 11 is 0. The lowest BCUT2D eigenvalue weighted by molar-refractivity contribution is 0.779. The van der Waals surface area contributed by atoms with Gasteiger partial charge >= 0.3 is 0 Å². The SMILES string of the molecule is CC(Nc1ncnc2c1CCC2)c1ncccn1. The summed E-state index contributed by atoms with van der Waals surface area (Å²) in [4.78, 5) is 17.2. The minimum Gasteiger partial charge on any atom is -0.360 e. The van der Waals surface area contributed by atoms with Crippen LogP contribution in [0.5, 0.6) is 0 Å². The van der Waals surface area contributed by atoms with Crippen molar-refractivity contribution in [3.05, 3.63) is 41.9 Å². The Morgan fingerprint density at radius 1 is 1.11 bits per heavy atom. The van der Waals surface area contributed by atoms with Crippen molar-refractivity contribution in [2.24, 2.45) is 0 Å². The molecule has 0 aromatic carbocycles. The molecule has 5 nitrogen and oxygen atoms in total. The quantitative estimate of drug-likeness (QED) is 0.889. The molecule has 2 aromatic heterocycles. The Morgan fingerprint density at radius 3 is 2.78 bits per heavy atom. The van der Waals surface area contributed by atoms with E-state index < -0.39 is 0 Å². The average Bonchev–Trinajstić information content (AvgIpc) is 2.89. The van der Waals surface area contributed by atoms with Crippen LogP contribution in [0.3, 0.4) is 0 Å². The molecule has 18 heavy (non-hydrogen) atoms. The molecule has 2 aromatic rings. The van der Waals surface area contributed by atoms with Gasteiger partial charge in [0.25, 0.3) is 0 Å². The zero-order chi connectivity index (χ0) is 12.4. The lowest BCUT2D eigenvalue weighted by atomic mass is 10.2. The largest absolute Gasteiger partial charge is 0.360 e. The zero-order valence-electron chi connectivity index (χ0n) is 10.3. The van der Waals surface area contributed by atoms with Crippen LogP contribution >= 0.6 is 0 Å². The van der Waals surface area contributed by atoms with Crippen molar-refractivity contribution in [2.75, 3.05) is 5.32 Å². The second kappa shape index (κ2) is 4.68. The number of nitrogens with zero attached hydrogens (tertiary/aromatic N) is 4. The molecule has 0 saturated carbocycles. The van der Waals surface area contributed by atoms with Gasteiger partial charge in [-0.2, -0.15) is 0 Å². The van der Waals surface area contributed by atoms with E-state index in [1.165, 1.54) is 17.7 Å². The highest BCUT2D eigenvalue weighted by Gasteiger charge is 2.18. The van der Waals surface area contributed by atoms with Crippen LogP contribution in [0.2, 0.25) is 0 Å². The molecular formula is C13H15N5. The van der Waals surface area contributed by atoms with Crippen LogP contribution in [-0.4, -0.2) is 19.9 Å². The highest BCUT2D eigenvalue weighted by molar-refractivity contribution is 5.48. The fourth-order valence-electron chi connectivity index (χ4n) is 2.29. The number of nitrogens with one attached hydrogen (secondary N) is 1. The molecular weight excluding hydrogens is 226 g/mol. The predicted molar refractivity (Wildman–Crippen MR) is 68.1 cm³/mol. The van der Waals surface area contributed by atoms with E-state index in [0.717, 1.165) is 24.5 Å². The smallest absolute Gasteiger partial charge is 0.150 e. The minimum atomic E-state index is 0.0470. The molecule has 0 radical (unpaired) electrons. The number of hydrogen-bond acceptors (Lipinski definition) is 5. The van der Waals surface area contributed by atoms with Crippen LogP contribution in [0, 0.1) is 0 Å².